The lowest BCUT2D eigenvalue weighted by Gasteiger charge is -2.17. The maximum absolute atomic E-state index is 3.89. The second-order valence-electron chi connectivity index (χ2n) is 5.72. The van der Waals surface area contributed by atoms with Gasteiger partial charge in [-0.05, 0) is 61.9 Å². The predicted octanol–water partition coefficient (Wildman–Crippen LogP) is 4.09. The molecule has 1 fully saturated rings. The van der Waals surface area contributed by atoms with Crippen LogP contribution in [-0.2, 0) is 0 Å². The van der Waals surface area contributed by atoms with Crippen LogP contribution in [-0.4, -0.2) is 6.72 Å². The Hall–Kier alpha value is -0.790. The molecule has 0 amide bonds. The third kappa shape index (κ3) is 2.91. The zero-order valence-electron chi connectivity index (χ0n) is 11.3. The first-order valence-electron chi connectivity index (χ1n) is 7.20. The van der Waals surface area contributed by atoms with E-state index in [0.29, 0.717) is 0 Å². The van der Waals surface area contributed by atoms with Gasteiger partial charge in [-0.25, -0.2) is 0 Å². The van der Waals surface area contributed by atoms with E-state index in [1.807, 2.05) is 0 Å². The molecule has 2 heteroatoms. The number of unbranched alkanes of at least 4 members (excludes halogenated alkanes) is 1. The minimum Gasteiger partial charge on any atom is -0.283 e. The summed E-state index contributed by atoms with van der Waals surface area (Å²) in [5.41, 5.74) is 6.16. The van der Waals surface area contributed by atoms with E-state index in [-0.39, 0.29) is 0 Å². The molecule has 2 aliphatic rings. The number of nitrogens with zero attached hydrogens (tertiary/aromatic N) is 1. The number of fused-ring (bicyclic) bond motifs is 1. The smallest absolute Gasteiger partial charge is 0.0327 e. The van der Waals surface area contributed by atoms with Crippen LogP contribution in [0, 0.1) is 17.8 Å². The van der Waals surface area contributed by atoms with Crippen LogP contribution in [0.3, 0.4) is 0 Å². The van der Waals surface area contributed by atoms with Crippen molar-refractivity contribution in [3.8, 4) is 0 Å². The largest absolute Gasteiger partial charge is 0.283 e. The molecule has 1 saturated carbocycles. The van der Waals surface area contributed by atoms with Crippen molar-refractivity contribution in [3.63, 3.8) is 0 Å². The Kier molecular flexibility index (Phi) is 4.25. The van der Waals surface area contributed by atoms with Crippen molar-refractivity contribution in [1.82, 2.24) is 5.43 Å². The molecule has 0 aromatic heterocycles. The van der Waals surface area contributed by atoms with E-state index in [2.05, 4.69) is 31.1 Å². The van der Waals surface area contributed by atoms with Gasteiger partial charge in [-0.2, -0.15) is 5.10 Å². The van der Waals surface area contributed by atoms with E-state index in [0.717, 1.165) is 17.8 Å². The van der Waals surface area contributed by atoms with E-state index in [4.69, 9.17) is 0 Å². The van der Waals surface area contributed by atoms with Crippen LogP contribution < -0.4 is 5.43 Å². The van der Waals surface area contributed by atoms with Gasteiger partial charge in [0.05, 0.1) is 0 Å². The van der Waals surface area contributed by atoms with Crippen molar-refractivity contribution in [1.29, 1.82) is 0 Å². The van der Waals surface area contributed by atoms with Crippen LogP contribution in [0.4, 0.5) is 0 Å². The van der Waals surface area contributed by atoms with Crippen LogP contribution in [0.25, 0.3) is 0 Å². The first-order valence-corrected chi connectivity index (χ1v) is 7.20. The first-order chi connectivity index (χ1) is 8.27. The molecular formula is C15H26N2. The lowest BCUT2D eigenvalue weighted by Crippen LogP contribution is -2.11. The van der Waals surface area contributed by atoms with E-state index in [1.165, 1.54) is 50.6 Å². The molecule has 0 aromatic rings. The Morgan fingerprint density at radius 1 is 1.29 bits per heavy atom. The molecule has 0 radical (unpaired) electrons. The Balaban J connectivity index is 2.02. The van der Waals surface area contributed by atoms with Crippen molar-refractivity contribution < 1.29 is 0 Å². The summed E-state index contributed by atoms with van der Waals surface area (Å²) in [7, 11) is 0. The maximum atomic E-state index is 3.89. The highest BCUT2D eigenvalue weighted by molar-refractivity contribution is 5.24. The van der Waals surface area contributed by atoms with E-state index in [9.17, 15) is 0 Å². The number of nitrogens with one attached hydrogen (secondary N) is 1. The van der Waals surface area contributed by atoms with Gasteiger partial charge in [0, 0.05) is 12.4 Å². The van der Waals surface area contributed by atoms with Gasteiger partial charge in [0.15, 0.2) is 0 Å². The molecule has 2 aliphatic carbocycles. The fraction of sp³-hybridized carbons (Fsp3) is 0.800. The molecule has 3 unspecified atom stereocenters. The third-order valence-electron chi connectivity index (χ3n) is 4.74. The predicted molar refractivity (Wildman–Crippen MR) is 73.8 cm³/mol. The summed E-state index contributed by atoms with van der Waals surface area (Å²) in [4.78, 5) is 0. The number of hydrogen-bond donors (Lipinski definition) is 1. The lowest BCUT2D eigenvalue weighted by molar-refractivity contribution is 0.550. The highest BCUT2D eigenvalue weighted by Crippen LogP contribution is 2.53. The average Bonchev–Trinajstić information content (AvgIpc) is 2.91. The van der Waals surface area contributed by atoms with Crippen LogP contribution in [0.5, 0.6) is 0 Å². The molecule has 0 saturated heterocycles. The van der Waals surface area contributed by atoms with Gasteiger partial charge in [-0.1, -0.05) is 20.3 Å². The average molecular weight is 234 g/mol. The fourth-order valence-electron chi connectivity index (χ4n) is 3.47. The second kappa shape index (κ2) is 5.70. The normalized spacial score (nSPS) is 36.7. The summed E-state index contributed by atoms with van der Waals surface area (Å²) in [6, 6.07) is 0. The van der Waals surface area contributed by atoms with Crippen LogP contribution in [0.2, 0.25) is 0 Å². The van der Waals surface area contributed by atoms with E-state index >= 15 is 0 Å². The SMILES string of the molecule is C=NN/C1=C(\CCCC)CCC2C(C)C2CC1. The molecule has 3 atom stereocenters. The van der Waals surface area contributed by atoms with E-state index < -0.39 is 0 Å². The molecule has 96 valence electrons. The monoisotopic (exact) mass is 234 g/mol. The Morgan fingerprint density at radius 2 is 2.00 bits per heavy atom. The van der Waals surface area contributed by atoms with Gasteiger partial charge >= 0.3 is 0 Å². The molecular weight excluding hydrogens is 208 g/mol. The van der Waals surface area contributed by atoms with Gasteiger partial charge in [-0.3, -0.25) is 5.43 Å². The summed E-state index contributed by atoms with van der Waals surface area (Å²) in [5.74, 6) is 2.98. The Morgan fingerprint density at radius 3 is 2.65 bits per heavy atom. The Bertz CT molecular complexity index is 306. The number of rotatable bonds is 5. The van der Waals surface area contributed by atoms with E-state index in [1.54, 1.807) is 5.57 Å². The number of hydrazone groups is 1. The summed E-state index contributed by atoms with van der Waals surface area (Å²) in [5, 5.41) is 3.89. The van der Waals surface area contributed by atoms with Gasteiger partial charge in [-0.15, -0.1) is 0 Å². The summed E-state index contributed by atoms with van der Waals surface area (Å²) in [6.45, 7) is 8.26. The molecule has 1 N–H and O–H groups in total. The molecule has 0 spiro atoms. The van der Waals surface area contributed by atoms with Crippen molar-refractivity contribution in [2.24, 2.45) is 22.9 Å². The van der Waals surface area contributed by atoms with Gasteiger partial charge in [0.2, 0.25) is 0 Å². The molecule has 0 aromatic carbocycles. The standard InChI is InChI=1S/C15H26N2/c1-4-5-6-12-7-8-13-11(2)14(13)9-10-15(12)17-16-3/h11,13-14,17H,3-10H2,1-2H3/b15-12+. The summed E-state index contributed by atoms with van der Waals surface area (Å²) >= 11 is 0. The fourth-order valence-corrected chi connectivity index (χ4v) is 3.47. The van der Waals surface area contributed by atoms with Crippen LogP contribution in [0.15, 0.2) is 16.4 Å². The summed E-state index contributed by atoms with van der Waals surface area (Å²) in [6.07, 6.45) is 9.04. The Labute approximate surface area is 106 Å². The molecule has 0 aliphatic heterocycles. The van der Waals surface area contributed by atoms with Crippen molar-refractivity contribution >= 4 is 6.72 Å². The van der Waals surface area contributed by atoms with Crippen LogP contribution in [0.1, 0.15) is 58.8 Å². The van der Waals surface area contributed by atoms with Crippen molar-refractivity contribution in [2.75, 3.05) is 0 Å². The molecule has 17 heavy (non-hydrogen) atoms. The maximum Gasteiger partial charge on any atom is 0.0327 e. The topological polar surface area (TPSA) is 24.4 Å². The summed E-state index contributed by atoms with van der Waals surface area (Å²) < 4.78 is 0. The number of hydrogen-bond acceptors (Lipinski definition) is 2. The molecule has 0 heterocycles. The highest BCUT2D eigenvalue weighted by Gasteiger charge is 2.45. The van der Waals surface area contributed by atoms with Crippen molar-refractivity contribution in [3.05, 3.63) is 11.3 Å². The molecule has 2 nitrogen and oxygen atoms in total. The minimum absolute atomic E-state index is 0.971. The first kappa shape index (κ1) is 12.7. The van der Waals surface area contributed by atoms with Gasteiger partial charge in [0.25, 0.3) is 0 Å². The van der Waals surface area contributed by atoms with Crippen molar-refractivity contribution in [2.45, 2.75) is 58.8 Å². The zero-order chi connectivity index (χ0) is 12.3. The zero-order valence-corrected chi connectivity index (χ0v) is 11.3. The number of allylic oxidation sites excluding steroid dienone is 2. The second-order valence-corrected chi connectivity index (χ2v) is 5.72. The quantitative estimate of drug-likeness (QED) is 0.562. The highest BCUT2D eigenvalue weighted by atomic mass is 15.3. The van der Waals surface area contributed by atoms with Gasteiger partial charge in [0.1, 0.15) is 0 Å². The molecule has 0 bridgehead atoms. The third-order valence-corrected chi connectivity index (χ3v) is 4.74. The lowest BCUT2D eigenvalue weighted by atomic mass is 9.94. The molecule has 2 rings (SSSR count). The minimum atomic E-state index is 0.971. The van der Waals surface area contributed by atoms with Gasteiger partial charge < -0.3 is 0 Å². The van der Waals surface area contributed by atoms with Crippen LogP contribution >= 0.6 is 0 Å².